The Morgan fingerprint density at radius 3 is 2.91 bits per heavy atom. The van der Waals surface area contributed by atoms with Crippen LogP contribution in [0.5, 0.6) is 0 Å². The van der Waals surface area contributed by atoms with Crippen LogP contribution in [0.1, 0.15) is 23.5 Å². The van der Waals surface area contributed by atoms with E-state index < -0.39 is 0 Å². The highest BCUT2D eigenvalue weighted by atomic mass is 79.9. The number of nitrogens with one attached hydrogen (secondary N) is 2. The molecule has 0 radical (unpaired) electrons. The van der Waals surface area contributed by atoms with E-state index in [4.69, 9.17) is 0 Å². The molecule has 4 nitrogen and oxygen atoms in total. The summed E-state index contributed by atoms with van der Waals surface area (Å²) in [7, 11) is 0. The van der Waals surface area contributed by atoms with Crippen molar-refractivity contribution in [3.63, 3.8) is 0 Å². The summed E-state index contributed by atoms with van der Waals surface area (Å²) in [4.78, 5) is 20.8. The Morgan fingerprint density at radius 2 is 2.14 bits per heavy atom. The SMILES string of the molecule is O=C(CCCc1ccc(Br)s1)NCc1nc2ccccc2[nH]1. The number of hydrogen-bond donors (Lipinski definition) is 2. The normalized spacial score (nSPS) is 11.0. The zero-order valence-electron chi connectivity index (χ0n) is 11.9. The molecule has 2 aromatic heterocycles. The number of aromatic amines is 1. The molecular formula is C16H16BrN3OS. The van der Waals surface area contributed by atoms with Gasteiger partial charge in [0.15, 0.2) is 0 Å². The number of aryl methyl sites for hydroxylation is 1. The second-order valence-electron chi connectivity index (χ2n) is 5.04. The Hall–Kier alpha value is -1.66. The lowest BCUT2D eigenvalue weighted by Crippen LogP contribution is -2.23. The summed E-state index contributed by atoms with van der Waals surface area (Å²) in [5.74, 6) is 0.854. The van der Waals surface area contributed by atoms with Crippen molar-refractivity contribution in [3.05, 3.63) is 50.9 Å². The maximum absolute atomic E-state index is 11.9. The number of H-pyrrole nitrogens is 1. The summed E-state index contributed by atoms with van der Waals surface area (Å²) in [6.07, 6.45) is 2.34. The molecule has 0 saturated heterocycles. The number of carbonyl (C=O) groups excluding carboxylic acids is 1. The van der Waals surface area contributed by atoms with Gasteiger partial charge in [-0.3, -0.25) is 4.79 Å². The van der Waals surface area contributed by atoms with Crippen LogP contribution < -0.4 is 5.32 Å². The molecule has 0 unspecified atom stereocenters. The van der Waals surface area contributed by atoms with Crippen LogP contribution in [0.4, 0.5) is 0 Å². The van der Waals surface area contributed by atoms with Gasteiger partial charge in [0.25, 0.3) is 0 Å². The number of amides is 1. The van der Waals surface area contributed by atoms with Gasteiger partial charge in [0, 0.05) is 11.3 Å². The maximum atomic E-state index is 11.9. The summed E-state index contributed by atoms with van der Waals surface area (Å²) < 4.78 is 1.14. The zero-order valence-corrected chi connectivity index (χ0v) is 14.3. The zero-order chi connectivity index (χ0) is 15.4. The van der Waals surface area contributed by atoms with Crippen LogP contribution in [0.15, 0.2) is 40.2 Å². The Morgan fingerprint density at radius 1 is 1.27 bits per heavy atom. The van der Waals surface area contributed by atoms with Gasteiger partial charge in [-0.25, -0.2) is 4.98 Å². The number of carbonyl (C=O) groups is 1. The van der Waals surface area contributed by atoms with Crippen molar-refractivity contribution in [2.45, 2.75) is 25.8 Å². The number of hydrogen-bond acceptors (Lipinski definition) is 3. The van der Waals surface area contributed by atoms with E-state index >= 15 is 0 Å². The molecular weight excluding hydrogens is 362 g/mol. The molecule has 0 aliphatic heterocycles. The second kappa shape index (κ2) is 7.07. The summed E-state index contributed by atoms with van der Waals surface area (Å²) in [5, 5.41) is 2.91. The molecule has 0 aliphatic rings. The van der Waals surface area contributed by atoms with E-state index in [-0.39, 0.29) is 5.91 Å². The number of nitrogens with zero attached hydrogens (tertiary/aromatic N) is 1. The van der Waals surface area contributed by atoms with E-state index in [0.29, 0.717) is 13.0 Å². The summed E-state index contributed by atoms with van der Waals surface area (Å²) >= 11 is 5.17. The number of thiophene rings is 1. The molecule has 0 aliphatic carbocycles. The van der Waals surface area contributed by atoms with Gasteiger partial charge < -0.3 is 10.3 Å². The van der Waals surface area contributed by atoms with Crippen molar-refractivity contribution in [1.82, 2.24) is 15.3 Å². The van der Waals surface area contributed by atoms with Crippen molar-refractivity contribution >= 4 is 44.2 Å². The van der Waals surface area contributed by atoms with Crippen LogP contribution in [-0.2, 0) is 17.8 Å². The quantitative estimate of drug-likeness (QED) is 0.681. The fourth-order valence-electron chi connectivity index (χ4n) is 2.27. The highest BCUT2D eigenvalue weighted by Crippen LogP contribution is 2.23. The molecule has 0 spiro atoms. The number of fused-ring (bicyclic) bond motifs is 1. The lowest BCUT2D eigenvalue weighted by molar-refractivity contribution is -0.121. The third-order valence-corrected chi connectivity index (χ3v) is 5.03. The smallest absolute Gasteiger partial charge is 0.220 e. The monoisotopic (exact) mass is 377 g/mol. The van der Waals surface area contributed by atoms with E-state index in [1.807, 2.05) is 30.3 Å². The minimum Gasteiger partial charge on any atom is -0.349 e. The van der Waals surface area contributed by atoms with Gasteiger partial charge in [-0.2, -0.15) is 0 Å². The molecule has 114 valence electrons. The fraction of sp³-hybridized carbons (Fsp3) is 0.250. The molecule has 0 saturated carbocycles. The molecule has 3 rings (SSSR count). The average Bonchev–Trinajstić information content (AvgIpc) is 3.11. The number of aromatic nitrogens is 2. The molecule has 1 aromatic carbocycles. The predicted molar refractivity (Wildman–Crippen MR) is 92.9 cm³/mol. The minimum absolute atomic E-state index is 0.0658. The van der Waals surface area contributed by atoms with Crippen LogP contribution in [-0.4, -0.2) is 15.9 Å². The van der Waals surface area contributed by atoms with E-state index in [1.165, 1.54) is 4.88 Å². The van der Waals surface area contributed by atoms with Crippen molar-refractivity contribution in [2.24, 2.45) is 0 Å². The Labute approximate surface area is 141 Å². The lowest BCUT2D eigenvalue weighted by Gasteiger charge is -2.02. The summed E-state index contributed by atoms with van der Waals surface area (Å²) in [6.45, 7) is 0.443. The number of halogens is 1. The predicted octanol–water partition coefficient (Wildman–Crippen LogP) is 4.03. The van der Waals surface area contributed by atoms with Gasteiger partial charge in [0.05, 0.1) is 21.4 Å². The first-order valence-corrected chi connectivity index (χ1v) is 8.76. The Kier molecular flexibility index (Phi) is 4.90. The van der Waals surface area contributed by atoms with Gasteiger partial charge in [0.2, 0.25) is 5.91 Å². The Bertz CT molecular complexity index is 747. The topological polar surface area (TPSA) is 57.8 Å². The van der Waals surface area contributed by atoms with Gasteiger partial charge in [-0.05, 0) is 53.0 Å². The molecule has 0 atom stereocenters. The molecule has 22 heavy (non-hydrogen) atoms. The Balaban J connectivity index is 1.43. The molecule has 6 heteroatoms. The van der Waals surface area contributed by atoms with Crippen LogP contribution in [0.25, 0.3) is 11.0 Å². The van der Waals surface area contributed by atoms with E-state index in [9.17, 15) is 4.79 Å². The number of para-hydroxylation sites is 2. The molecule has 3 aromatic rings. The highest BCUT2D eigenvalue weighted by Gasteiger charge is 2.06. The van der Waals surface area contributed by atoms with Crippen molar-refractivity contribution in [3.8, 4) is 0 Å². The molecule has 0 bridgehead atoms. The summed E-state index contributed by atoms with van der Waals surface area (Å²) in [6, 6.07) is 12.0. The molecule has 0 fully saturated rings. The number of rotatable bonds is 6. The van der Waals surface area contributed by atoms with E-state index in [0.717, 1.165) is 33.5 Å². The van der Waals surface area contributed by atoms with Crippen molar-refractivity contribution < 1.29 is 4.79 Å². The fourth-order valence-corrected chi connectivity index (χ4v) is 3.79. The molecule has 2 heterocycles. The third-order valence-electron chi connectivity index (χ3n) is 3.35. The lowest BCUT2D eigenvalue weighted by atomic mass is 10.2. The highest BCUT2D eigenvalue weighted by molar-refractivity contribution is 9.11. The number of imidazole rings is 1. The van der Waals surface area contributed by atoms with E-state index in [1.54, 1.807) is 11.3 Å². The van der Waals surface area contributed by atoms with Gasteiger partial charge in [0.1, 0.15) is 5.82 Å². The average molecular weight is 378 g/mol. The first-order valence-electron chi connectivity index (χ1n) is 7.15. The van der Waals surface area contributed by atoms with Gasteiger partial charge in [-0.1, -0.05) is 12.1 Å². The minimum atomic E-state index is 0.0658. The van der Waals surface area contributed by atoms with Gasteiger partial charge in [-0.15, -0.1) is 11.3 Å². The largest absolute Gasteiger partial charge is 0.349 e. The summed E-state index contributed by atoms with van der Waals surface area (Å²) in [5.41, 5.74) is 1.92. The van der Waals surface area contributed by atoms with Crippen LogP contribution in [0.2, 0.25) is 0 Å². The van der Waals surface area contributed by atoms with Crippen molar-refractivity contribution in [1.29, 1.82) is 0 Å². The first kappa shape index (κ1) is 15.2. The first-order chi connectivity index (χ1) is 10.7. The van der Waals surface area contributed by atoms with Gasteiger partial charge >= 0.3 is 0 Å². The molecule has 1 amide bonds. The number of benzene rings is 1. The van der Waals surface area contributed by atoms with Crippen molar-refractivity contribution in [2.75, 3.05) is 0 Å². The molecule has 2 N–H and O–H groups in total. The van der Waals surface area contributed by atoms with Crippen LogP contribution in [0.3, 0.4) is 0 Å². The second-order valence-corrected chi connectivity index (χ2v) is 7.58. The van der Waals surface area contributed by atoms with Crippen LogP contribution >= 0.6 is 27.3 Å². The van der Waals surface area contributed by atoms with Crippen LogP contribution in [0, 0.1) is 0 Å². The third kappa shape index (κ3) is 3.96. The standard InChI is InChI=1S/C16H16BrN3OS/c17-14-9-8-11(22-14)4-3-7-16(21)18-10-15-19-12-5-1-2-6-13(12)20-15/h1-2,5-6,8-9H,3-4,7,10H2,(H,18,21)(H,19,20). The van der Waals surface area contributed by atoms with E-state index in [2.05, 4.69) is 37.3 Å². The maximum Gasteiger partial charge on any atom is 0.220 e.